The topological polar surface area (TPSA) is 103 Å². The number of esters is 1. The van der Waals surface area contributed by atoms with E-state index in [1.54, 1.807) is 50.4 Å². The van der Waals surface area contributed by atoms with E-state index in [0.717, 1.165) is 5.56 Å². The fraction of sp³-hybridized carbons (Fsp3) is 0.167. The van der Waals surface area contributed by atoms with Crippen molar-refractivity contribution in [2.75, 3.05) is 11.9 Å². The summed E-state index contributed by atoms with van der Waals surface area (Å²) in [7, 11) is 1.62. The van der Waals surface area contributed by atoms with Gasteiger partial charge in [0.1, 0.15) is 22.7 Å². The molecule has 0 aliphatic heterocycles. The first kappa shape index (κ1) is 21.0. The number of nitrogens with zero attached hydrogens (tertiary/aromatic N) is 2. The van der Waals surface area contributed by atoms with Crippen LogP contribution >= 0.6 is 0 Å². The molecule has 1 N–H and O–H groups in total. The molecule has 0 aliphatic carbocycles. The zero-order chi connectivity index (χ0) is 22.8. The number of ether oxygens (including phenoxy) is 1. The SMILES string of the molecule is CCOC(=O)c1cnn(C)c1NC(=O)c1ccc(-c2cc(=O)c3cc(C)ccc3o2)cc1. The summed E-state index contributed by atoms with van der Waals surface area (Å²) >= 11 is 0. The maximum Gasteiger partial charge on any atom is 0.343 e. The number of carbonyl (C=O) groups excluding carboxylic acids is 2. The Morgan fingerprint density at radius 3 is 2.59 bits per heavy atom. The van der Waals surface area contributed by atoms with Crippen molar-refractivity contribution in [2.24, 2.45) is 7.05 Å². The van der Waals surface area contributed by atoms with Gasteiger partial charge in [-0.25, -0.2) is 4.79 Å². The van der Waals surface area contributed by atoms with Crippen molar-refractivity contribution in [3.05, 3.63) is 81.6 Å². The molecule has 8 nitrogen and oxygen atoms in total. The Hall–Kier alpha value is -4.20. The summed E-state index contributed by atoms with van der Waals surface area (Å²) in [5, 5.41) is 7.24. The zero-order valence-corrected chi connectivity index (χ0v) is 17.8. The molecule has 0 unspecified atom stereocenters. The van der Waals surface area contributed by atoms with E-state index >= 15 is 0 Å². The second-order valence-electron chi connectivity index (χ2n) is 7.26. The normalized spacial score (nSPS) is 10.8. The Labute approximate surface area is 183 Å². The molecule has 4 aromatic rings. The molecule has 0 spiro atoms. The fourth-order valence-electron chi connectivity index (χ4n) is 3.32. The number of fused-ring (bicyclic) bond motifs is 1. The van der Waals surface area contributed by atoms with Crippen molar-refractivity contribution < 1.29 is 18.7 Å². The van der Waals surface area contributed by atoms with Gasteiger partial charge >= 0.3 is 5.97 Å². The number of nitrogens with one attached hydrogen (secondary N) is 1. The first-order valence-electron chi connectivity index (χ1n) is 10.0. The molecule has 2 heterocycles. The van der Waals surface area contributed by atoms with E-state index in [-0.39, 0.29) is 23.4 Å². The summed E-state index contributed by atoms with van der Waals surface area (Å²) in [5.41, 5.74) is 2.55. The first-order chi connectivity index (χ1) is 15.4. The van der Waals surface area contributed by atoms with Gasteiger partial charge in [0.15, 0.2) is 5.43 Å². The minimum Gasteiger partial charge on any atom is -0.462 e. The van der Waals surface area contributed by atoms with E-state index in [4.69, 9.17) is 9.15 Å². The quantitative estimate of drug-likeness (QED) is 0.480. The van der Waals surface area contributed by atoms with E-state index in [2.05, 4.69) is 10.4 Å². The van der Waals surface area contributed by atoms with Crippen LogP contribution in [0.3, 0.4) is 0 Å². The van der Waals surface area contributed by atoms with Gasteiger partial charge in [-0.05, 0) is 38.1 Å². The van der Waals surface area contributed by atoms with Gasteiger partial charge in [-0.1, -0.05) is 23.8 Å². The molecule has 1 amide bonds. The van der Waals surface area contributed by atoms with Crippen molar-refractivity contribution in [3.63, 3.8) is 0 Å². The number of benzene rings is 2. The molecule has 0 atom stereocenters. The van der Waals surface area contributed by atoms with Crippen LogP contribution in [0, 0.1) is 6.92 Å². The van der Waals surface area contributed by atoms with E-state index in [1.165, 1.54) is 16.9 Å². The maximum atomic E-state index is 12.7. The average Bonchev–Trinajstić information content (AvgIpc) is 3.14. The molecule has 0 saturated carbocycles. The Morgan fingerprint density at radius 1 is 1.12 bits per heavy atom. The molecule has 0 saturated heterocycles. The molecule has 2 aromatic carbocycles. The highest BCUT2D eigenvalue weighted by atomic mass is 16.5. The van der Waals surface area contributed by atoms with Gasteiger partial charge in [0.05, 0.1) is 18.2 Å². The second-order valence-corrected chi connectivity index (χ2v) is 7.26. The van der Waals surface area contributed by atoms with Gasteiger partial charge in [-0.3, -0.25) is 14.3 Å². The number of hydrogen-bond donors (Lipinski definition) is 1. The summed E-state index contributed by atoms with van der Waals surface area (Å²) in [6.45, 7) is 3.83. The van der Waals surface area contributed by atoms with E-state index in [1.807, 2.05) is 13.0 Å². The van der Waals surface area contributed by atoms with Crippen LogP contribution in [-0.2, 0) is 11.8 Å². The Morgan fingerprint density at radius 2 is 1.88 bits per heavy atom. The van der Waals surface area contributed by atoms with Crippen molar-refractivity contribution in [1.29, 1.82) is 0 Å². The number of anilines is 1. The number of amides is 1. The van der Waals surface area contributed by atoms with Crippen LogP contribution in [0.1, 0.15) is 33.2 Å². The summed E-state index contributed by atoms with van der Waals surface area (Å²) < 4.78 is 12.3. The summed E-state index contributed by atoms with van der Waals surface area (Å²) in [4.78, 5) is 37.3. The predicted molar refractivity (Wildman–Crippen MR) is 120 cm³/mol. The monoisotopic (exact) mass is 431 g/mol. The highest BCUT2D eigenvalue weighted by molar-refractivity contribution is 6.07. The summed E-state index contributed by atoms with van der Waals surface area (Å²) in [6, 6.07) is 13.5. The number of carbonyl (C=O) groups is 2. The lowest BCUT2D eigenvalue weighted by atomic mass is 10.1. The summed E-state index contributed by atoms with van der Waals surface area (Å²) in [6.07, 6.45) is 1.35. The van der Waals surface area contributed by atoms with Crippen molar-refractivity contribution >= 4 is 28.7 Å². The fourth-order valence-corrected chi connectivity index (χ4v) is 3.32. The zero-order valence-electron chi connectivity index (χ0n) is 17.8. The molecule has 0 bridgehead atoms. The molecule has 0 aliphatic rings. The smallest absolute Gasteiger partial charge is 0.343 e. The number of hydrogen-bond acceptors (Lipinski definition) is 6. The number of aryl methyl sites for hydroxylation is 2. The minimum absolute atomic E-state index is 0.130. The van der Waals surface area contributed by atoms with Gasteiger partial charge in [0.2, 0.25) is 0 Å². The molecular formula is C24H21N3O5. The van der Waals surface area contributed by atoms with Crippen molar-refractivity contribution in [3.8, 4) is 11.3 Å². The largest absolute Gasteiger partial charge is 0.462 e. The van der Waals surface area contributed by atoms with Crippen LogP contribution in [0.25, 0.3) is 22.3 Å². The molecule has 0 fully saturated rings. The third kappa shape index (κ3) is 4.02. The molecule has 0 radical (unpaired) electrons. The molecule has 2 aromatic heterocycles. The minimum atomic E-state index is -0.562. The van der Waals surface area contributed by atoms with Crippen LogP contribution in [0.2, 0.25) is 0 Å². The van der Waals surface area contributed by atoms with E-state index in [9.17, 15) is 14.4 Å². The molecule has 32 heavy (non-hydrogen) atoms. The Balaban J connectivity index is 1.59. The lowest BCUT2D eigenvalue weighted by Crippen LogP contribution is -2.17. The van der Waals surface area contributed by atoms with E-state index in [0.29, 0.717) is 27.9 Å². The number of rotatable bonds is 5. The lowest BCUT2D eigenvalue weighted by Gasteiger charge is -2.09. The Kier molecular flexibility index (Phi) is 5.59. The van der Waals surface area contributed by atoms with Gasteiger partial charge in [-0.2, -0.15) is 5.10 Å². The average molecular weight is 431 g/mol. The summed E-state index contributed by atoms with van der Waals surface area (Å²) in [5.74, 6) is -0.322. The first-order valence-corrected chi connectivity index (χ1v) is 10.0. The predicted octanol–water partition coefficient (Wildman–Crippen LogP) is 3.93. The van der Waals surface area contributed by atoms with Crippen molar-refractivity contribution in [2.45, 2.75) is 13.8 Å². The number of aromatic nitrogens is 2. The second kappa shape index (κ2) is 8.50. The van der Waals surface area contributed by atoms with Crippen molar-refractivity contribution in [1.82, 2.24) is 9.78 Å². The molecule has 8 heteroatoms. The van der Waals surface area contributed by atoms with Crippen LogP contribution in [0.4, 0.5) is 5.82 Å². The van der Waals surface area contributed by atoms with Gasteiger partial charge in [0.25, 0.3) is 5.91 Å². The van der Waals surface area contributed by atoms with E-state index < -0.39 is 11.9 Å². The van der Waals surface area contributed by atoms with Crippen LogP contribution < -0.4 is 10.7 Å². The maximum absolute atomic E-state index is 12.7. The van der Waals surface area contributed by atoms with Gasteiger partial charge < -0.3 is 14.5 Å². The highest BCUT2D eigenvalue weighted by Gasteiger charge is 2.20. The molecule has 162 valence electrons. The third-order valence-electron chi connectivity index (χ3n) is 4.98. The third-order valence-corrected chi connectivity index (χ3v) is 4.98. The van der Waals surface area contributed by atoms with Gasteiger partial charge in [0, 0.05) is 24.2 Å². The van der Waals surface area contributed by atoms with Crippen LogP contribution in [0.15, 0.2) is 63.9 Å². The standard InChI is InChI=1S/C24H21N3O5/c1-4-31-24(30)18-13-25-27(3)22(18)26-23(29)16-8-6-15(7-9-16)21-12-19(28)17-11-14(2)5-10-20(17)32-21/h5-13H,4H2,1-3H3,(H,26,29). The van der Waals surface area contributed by atoms with Crippen LogP contribution in [0.5, 0.6) is 0 Å². The highest BCUT2D eigenvalue weighted by Crippen LogP contribution is 2.24. The Bertz CT molecular complexity index is 1380. The van der Waals surface area contributed by atoms with Gasteiger partial charge in [-0.15, -0.1) is 0 Å². The molecular weight excluding hydrogens is 410 g/mol. The lowest BCUT2D eigenvalue weighted by molar-refractivity contribution is 0.0527. The van der Waals surface area contributed by atoms with Crippen LogP contribution in [-0.4, -0.2) is 28.3 Å². The molecule has 4 rings (SSSR count).